The predicted molar refractivity (Wildman–Crippen MR) is 119 cm³/mol. The van der Waals surface area contributed by atoms with E-state index in [-0.39, 0.29) is 29.8 Å². The van der Waals surface area contributed by atoms with E-state index in [0.29, 0.717) is 0 Å². The first kappa shape index (κ1) is 21.1. The summed E-state index contributed by atoms with van der Waals surface area (Å²) in [5, 5.41) is 7.53. The predicted octanol–water partition coefficient (Wildman–Crippen LogP) is 3.58. The van der Waals surface area contributed by atoms with Crippen LogP contribution in [0.3, 0.4) is 0 Å². The van der Waals surface area contributed by atoms with Crippen LogP contribution in [0.1, 0.15) is 16.8 Å². The molecule has 1 aromatic carbocycles. The molecule has 5 nitrogen and oxygen atoms in total. The van der Waals surface area contributed by atoms with E-state index in [9.17, 15) is 4.39 Å². The molecule has 0 unspecified atom stereocenters. The molecule has 3 rings (SSSR count). The number of aromatic nitrogens is 2. The van der Waals surface area contributed by atoms with Crippen LogP contribution in [0.15, 0.2) is 47.7 Å². The van der Waals surface area contributed by atoms with Crippen LogP contribution in [0.5, 0.6) is 0 Å². The molecule has 3 N–H and O–H groups in total. The van der Waals surface area contributed by atoms with Crippen LogP contribution in [-0.2, 0) is 12.8 Å². The van der Waals surface area contributed by atoms with Crippen molar-refractivity contribution >= 4 is 40.8 Å². The Bertz CT molecular complexity index is 889. The first-order chi connectivity index (χ1) is 12.7. The monoisotopic (exact) mass is 481 g/mol. The third kappa shape index (κ3) is 5.92. The fourth-order valence-corrected chi connectivity index (χ4v) is 2.87. The summed E-state index contributed by atoms with van der Waals surface area (Å²) in [5.74, 6) is 0.547. The second-order valence-corrected chi connectivity index (χ2v) is 6.24. The lowest BCUT2D eigenvalue weighted by Crippen LogP contribution is -2.39. The Morgan fingerprint density at radius 2 is 1.93 bits per heavy atom. The van der Waals surface area contributed by atoms with Gasteiger partial charge in [0.25, 0.3) is 0 Å². The van der Waals surface area contributed by atoms with E-state index >= 15 is 0 Å². The standard InChI is InChI=1S/C20H24FN5.HI/c1-14-3-4-15(12-25-14)7-9-23-20(22-2)24-10-8-16-13-26-19-6-5-17(21)11-18(16)19;/h3-6,11-13,26H,7-10H2,1-2H3,(H2,22,23,24);1H. The number of aliphatic imine (C=N–C) groups is 1. The summed E-state index contributed by atoms with van der Waals surface area (Å²) in [6, 6.07) is 8.92. The molecule has 2 aromatic heterocycles. The van der Waals surface area contributed by atoms with E-state index in [1.54, 1.807) is 19.2 Å². The topological polar surface area (TPSA) is 65.1 Å². The van der Waals surface area contributed by atoms with Gasteiger partial charge in [-0.1, -0.05) is 6.07 Å². The van der Waals surface area contributed by atoms with Crippen molar-refractivity contribution in [1.29, 1.82) is 0 Å². The van der Waals surface area contributed by atoms with Crippen LogP contribution in [-0.4, -0.2) is 36.1 Å². The van der Waals surface area contributed by atoms with Crippen molar-refractivity contribution in [2.24, 2.45) is 4.99 Å². The van der Waals surface area contributed by atoms with Crippen molar-refractivity contribution in [3.8, 4) is 0 Å². The van der Waals surface area contributed by atoms with Crippen LogP contribution in [0.4, 0.5) is 4.39 Å². The number of nitrogens with zero attached hydrogens (tertiary/aromatic N) is 2. The van der Waals surface area contributed by atoms with E-state index in [4.69, 9.17) is 0 Å². The molecule has 0 aliphatic heterocycles. The van der Waals surface area contributed by atoms with Crippen molar-refractivity contribution in [2.45, 2.75) is 19.8 Å². The molecule has 0 aliphatic carbocycles. The Balaban J connectivity index is 0.00000261. The zero-order valence-electron chi connectivity index (χ0n) is 15.6. The number of rotatable bonds is 6. The van der Waals surface area contributed by atoms with Gasteiger partial charge in [-0.2, -0.15) is 0 Å². The van der Waals surface area contributed by atoms with E-state index in [2.05, 4.69) is 31.7 Å². The second kappa shape index (κ2) is 10.2. The SMILES string of the molecule is CN=C(NCCc1ccc(C)nc1)NCCc1c[nH]c2ccc(F)cc12.I. The van der Waals surface area contributed by atoms with Gasteiger partial charge in [-0.25, -0.2) is 4.39 Å². The summed E-state index contributed by atoms with van der Waals surface area (Å²) in [4.78, 5) is 11.7. The zero-order valence-corrected chi connectivity index (χ0v) is 17.9. The number of aryl methyl sites for hydroxylation is 1. The summed E-state index contributed by atoms with van der Waals surface area (Å²) < 4.78 is 13.4. The largest absolute Gasteiger partial charge is 0.361 e. The van der Waals surface area contributed by atoms with Gasteiger partial charge in [0.2, 0.25) is 0 Å². The van der Waals surface area contributed by atoms with Gasteiger partial charge in [0.1, 0.15) is 5.82 Å². The van der Waals surface area contributed by atoms with Crippen molar-refractivity contribution < 1.29 is 4.39 Å². The normalized spacial score (nSPS) is 11.3. The molecule has 2 heterocycles. The fourth-order valence-electron chi connectivity index (χ4n) is 2.87. The zero-order chi connectivity index (χ0) is 18.4. The molecule has 0 atom stereocenters. The van der Waals surface area contributed by atoms with Crippen LogP contribution >= 0.6 is 24.0 Å². The second-order valence-electron chi connectivity index (χ2n) is 6.24. The Morgan fingerprint density at radius 1 is 1.15 bits per heavy atom. The van der Waals surface area contributed by atoms with Crippen LogP contribution in [0, 0.1) is 12.7 Å². The molecule has 0 radical (unpaired) electrons. The number of H-pyrrole nitrogens is 1. The quantitative estimate of drug-likeness (QED) is 0.287. The Morgan fingerprint density at radius 3 is 2.63 bits per heavy atom. The molecule has 0 amide bonds. The summed E-state index contributed by atoms with van der Waals surface area (Å²) >= 11 is 0. The number of guanidine groups is 1. The number of hydrogen-bond acceptors (Lipinski definition) is 2. The molecule has 0 saturated carbocycles. The highest BCUT2D eigenvalue weighted by atomic mass is 127. The lowest BCUT2D eigenvalue weighted by Gasteiger charge is -2.11. The lowest BCUT2D eigenvalue weighted by atomic mass is 10.1. The summed E-state index contributed by atoms with van der Waals surface area (Å²) in [7, 11) is 1.75. The number of fused-ring (bicyclic) bond motifs is 1. The Kier molecular flexibility index (Phi) is 8.02. The molecule has 3 aromatic rings. The molecule has 144 valence electrons. The summed E-state index contributed by atoms with van der Waals surface area (Å²) in [6.45, 7) is 3.48. The number of aromatic amines is 1. The molecular formula is C20H25FIN5. The molecule has 27 heavy (non-hydrogen) atoms. The van der Waals surface area contributed by atoms with E-state index in [0.717, 1.165) is 54.1 Å². The van der Waals surface area contributed by atoms with Gasteiger partial charge in [0.05, 0.1) is 0 Å². The smallest absolute Gasteiger partial charge is 0.190 e. The molecule has 0 fully saturated rings. The maximum Gasteiger partial charge on any atom is 0.190 e. The third-order valence-electron chi connectivity index (χ3n) is 4.32. The third-order valence-corrected chi connectivity index (χ3v) is 4.32. The Labute approximate surface area is 175 Å². The van der Waals surface area contributed by atoms with E-state index < -0.39 is 0 Å². The van der Waals surface area contributed by atoms with Gasteiger partial charge in [0.15, 0.2) is 5.96 Å². The van der Waals surface area contributed by atoms with Crippen molar-refractivity contribution in [3.05, 3.63) is 65.4 Å². The lowest BCUT2D eigenvalue weighted by molar-refractivity contribution is 0.629. The molecule has 0 bridgehead atoms. The van der Waals surface area contributed by atoms with E-state index in [1.807, 2.05) is 25.4 Å². The van der Waals surface area contributed by atoms with Crippen LogP contribution in [0.2, 0.25) is 0 Å². The molecule has 0 aliphatic rings. The number of hydrogen-bond donors (Lipinski definition) is 3. The number of pyridine rings is 1. The minimum Gasteiger partial charge on any atom is -0.361 e. The minimum absolute atomic E-state index is 0. The van der Waals surface area contributed by atoms with Crippen molar-refractivity contribution in [3.63, 3.8) is 0 Å². The van der Waals surface area contributed by atoms with Gasteiger partial charge >= 0.3 is 0 Å². The summed E-state index contributed by atoms with van der Waals surface area (Å²) in [5.41, 5.74) is 4.26. The maximum atomic E-state index is 13.4. The van der Waals surface area contributed by atoms with E-state index in [1.165, 1.54) is 11.6 Å². The highest BCUT2D eigenvalue weighted by molar-refractivity contribution is 14.0. The number of halogens is 2. The van der Waals surface area contributed by atoms with Gasteiger partial charge in [-0.15, -0.1) is 24.0 Å². The summed E-state index contributed by atoms with van der Waals surface area (Å²) in [6.07, 6.45) is 5.51. The molecule has 0 spiro atoms. The van der Waals surface area contributed by atoms with Crippen LogP contribution < -0.4 is 10.6 Å². The van der Waals surface area contributed by atoms with Crippen molar-refractivity contribution in [1.82, 2.24) is 20.6 Å². The van der Waals surface area contributed by atoms with Gasteiger partial charge in [0, 0.05) is 49.1 Å². The van der Waals surface area contributed by atoms with Gasteiger partial charge < -0.3 is 15.6 Å². The average molecular weight is 481 g/mol. The van der Waals surface area contributed by atoms with Gasteiger partial charge in [-0.3, -0.25) is 9.98 Å². The van der Waals surface area contributed by atoms with Gasteiger partial charge in [-0.05, 0) is 55.2 Å². The Hall–Kier alpha value is -2.16. The highest BCUT2D eigenvalue weighted by Crippen LogP contribution is 2.19. The first-order valence-corrected chi connectivity index (χ1v) is 8.77. The fraction of sp³-hybridized carbons (Fsp3) is 0.300. The number of benzene rings is 1. The average Bonchev–Trinajstić information content (AvgIpc) is 3.04. The number of nitrogens with one attached hydrogen (secondary N) is 3. The van der Waals surface area contributed by atoms with Crippen molar-refractivity contribution in [2.75, 3.05) is 20.1 Å². The van der Waals surface area contributed by atoms with Crippen LogP contribution in [0.25, 0.3) is 10.9 Å². The highest BCUT2D eigenvalue weighted by Gasteiger charge is 2.05. The molecule has 7 heteroatoms. The first-order valence-electron chi connectivity index (χ1n) is 8.77. The maximum absolute atomic E-state index is 13.4. The molecule has 0 saturated heterocycles. The molecular weight excluding hydrogens is 456 g/mol. The minimum atomic E-state index is -0.214.